The summed E-state index contributed by atoms with van der Waals surface area (Å²) in [7, 11) is -2.70. The molecule has 0 aliphatic carbocycles. The quantitative estimate of drug-likeness (QED) is 0.739. The van der Waals surface area contributed by atoms with Gasteiger partial charge in [-0.15, -0.1) is 0 Å². The van der Waals surface area contributed by atoms with E-state index in [1.807, 2.05) is 44.9 Å². The molecule has 0 spiro atoms. The minimum Gasteiger partial charge on any atom is -0.516 e. The van der Waals surface area contributed by atoms with Crippen LogP contribution in [0.3, 0.4) is 0 Å². The minimum atomic E-state index is -1.97. The van der Waals surface area contributed by atoms with Crippen LogP contribution in [-0.4, -0.2) is 29.3 Å². The average Bonchev–Trinajstić information content (AvgIpc) is 2.47. The maximum Gasteiger partial charge on any atom is 0.324 e. The molecule has 0 aliphatic heterocycles. The minimum absolute atomic E-state index is 0.385. The third-order valence-corrected chi connectivity index (χ3v) is 4.34. The Morgan fingerprint density at radius 2 is 1.70 bits per heavy atom. The van der Waals surface area contributed by atoms with Crippen molar-refractivity contribution in [2.45, 2.75) is 38.3 Å². The van der Waals surface area contributed by atoms with E-state index >= 15 is 0 Å². The van der Waals surface area contributed by atoms with Gasteiger partial charge in [0.1, 0.15) is 12.1 Å². The lowest BCUT2D eigenvalue weighted by Gasteiger charge is -2.21. The van der Waals surface area contributed by atoms with Crippen LogP contribution in [0.15, 0.2) is 24.3 Å². The van der Waals surface area contributed by atoms with Gasteiger partial charge in [-0.1, -0.05) is 25.2 Å². The molecule has 0 atom stereocenters. The Hall–Kier alpha value is -1.94. The predicted molar refractivity (Wildman–Crippen MR) is 91.5 cm³/mol. The Labute approximate surface area is 140 Å². The first-order valence-corrected chi connectivity index (χ1v) is 13.3. The van der Waals surface area contributed by atoms with Crippen molar-refractivity contribution in [1.29, 1.82) is 10.5 Å². The maximum absolute atomic E-state index is 12.0. The van der Waals surface area contributed by atoms with Gasteiger partial charge >= 0.3 is 5.97 Å². The van der Waals surface area contributed by atoms with Crippen molar-refractivity contribution < 1.29 is 14.0 Å². The Kier molecular flexibility index (Phi) is 6.28. The number of ether oxygens (including phenoxy) is 1. The highest BCUT2D eigenvalue weighted by Crippen LogP contribution is 2.25. The van der Waals surface area contributed by atoms with Crippen LogP contribution >= 0.6 is 0 Å². The molecule has 1 radical (unpaired) electrons. The highest BCUT2D eigenvalue weighted by Gasteiger charge is 2.34. The second-order valence-corrected chi connectivity index (χ2v) is 13.6. The molecule has 0 aliphatic rings. The average molecular weight is 346 g/mol. The number of nitriles is 2. The highest BCUT2D eigenvalue weighted by molar-refractivity contribution is 6.71. The van der Waals surface area contributed by atoms with Crippen LogP contribution in [-0.2, 0) is 14.8 Å². The maximum atomic E-state index is 12.0. The predicted octanol–water partition coefficient (Wildman–Crippen LogP) is 3.23. The first-order chi connectivity index (χ1) is 10.6. The molecule has 1 aromatic rings. The van der Waals surface area contributed by atoms with Crippen LogP contribution in [0.2, 0.25) is 32.7 Å². The van der Waals surface area contributed by atoms with Crippen LogP contribution in [0.25, 0.3) is 0 Å². The summed E-state index contributed by atoms with van der Waals surface area (Å²) in [5, 5.41) is 18.8. The lowest BCUT2D eigenvalue weighted by Crippen LogP contribution is -2.30. The molecule has 1 aromatic carbocycles. The molecule has 23 heavy (non-hydrogen) atoms. The fraction of sp³-hybridized carbons (Fsp3) is 0.438. The summed E-state index contributed by atoms with van der Waals surface area (Å²) in [5.41, 5.74) is -0.810. The Bertz CT molecular complexity index is 623. The molecule has 0 heterocycles. The van der Waals surface area contributed by atoms with E-state index in [1.54, 1.807) is 24.3 Å². The molecule has 0 bridgehead atoms. The second kappa shape index (κ2) is 7.56. The van der Waals surface area contributed by atoms with Crippen LogP contribution < -0.4 is 0 Å². The van der Waals surface area contributed by atoms with E-state index in [0.29, 0.717) is 17.4 Å². The number of benzene rings is 1. The van der Waals surface area contributed by atoms with Gasteiger partial charge in [0.05, 0.1) is 14.4 Å². The standard InChI is InChI=1S/C16H21N2O3Si2/c1-22(2)12-20-16(10-17,11-18)14-8-6-13(7-9-14)15(19)21-23(3,4)5/h6-9H,12H2,1-5H3. The van der Waals surface area contributed by atoms with Crippen molar-refractivity contribution >= 4 is 23.1 Å². The normalized spacial score (nSPS) is 11.7. The number of hydrogen-bond donors (Lipinski definition) is 0. The number of nitrogens with zero attached hydrogens (tertiary/aromatic N) is 2. The number of carbonyl (C=O) groups excluding carboxylic acids is 1. The van der Waals surface area contributed by atoms with Crippen molar-refractivity contribution in [2.24, 2.45) is 0 Å². The first-order valence-electron chi connectivity index (χ1n) is 7.23. The molecular formula is C16H21N2O3Si2. The monoisotopic (exact) mass is 345 g/mol. The molecule has 0 N–H and O–H groups in total. The molecule has 5 nitrogen and oxygen atoms in total. The third kappa shape index (κ3) is 5.32. The Morgan fingerprint density at radius 3 is 2.09 bits per heavy atom. The fourth-order valence-corrected chi connectivity index (χ4v) is 2.91. The molecule has 0 fully saturated rings. The van der Waals surface area contributed by atoms with Gasteiger partial charge in [0, 0.05) is 11.8 Å². The van der Waals surface area contributed by atoms with Crippen molar-refractivity contribution in [2.75, 3.05) is 6.23 Å². The van der Waals surface area contributed by atoms with E-state index in [4.69, 9.17) is 9.16 Å². The lowest BCUT2D eigenvalue weighted by atomic mass is 9.96. The van der Waals surface area contributed by atoms with Gasteiger partial charge in [0.25, 0.3) is 5.60 Å². The second-order valence-electron chi connectivity index (χ2n) is 6.48. The zero-order chi connectivity index (χ0) is 17.7. The zero-order valence-electron chi connectivity index (χ0n) is 14.1. The van der Waals surface area contributed by atoms with Crippen LogP contribution in [0.4, 0.5) is 0 Å². The summed E-state index contributed by atoms with van der Waals surface area (Å²) in [6.07, 6.45) is 0.394. The van der Waals surface area contributed by atoms with Gasteiger partial charge in [-0.05, 0) is 31.8 Å². The van der Waals surface area contributed by atoms with E-state index < -0.39 is 22.7 Å². The van der Waals surface area contributed by atoms with E-state index in [1.165, 1.54) is 0 Å². The Morgan fingerprint density at radius 1 is 1.17 bits per heavy atom. The van der Waals surface area contributed by atoms with Gasteiger partial charge in [-0.2, -0.15) is 10.5 Å². The van der Waals surface area contributed by atoms with Crippen molar-refractivity contribution in [3.05, 3.63) is 35.4 Å². The van der Waals surface area contributed by atoms with E-state index in [0.717, 1.165) is 0 Å². The van der Waals surface area contributed by atoms with E-state index in [2.05, 4.69) is 0 Å². The molecular weight excluding hydrogens is 324 g/mol. The molecule has 121 valence electrons. The third-order valence-electron chi connectivity index (χ3n) is 2.82. The van der Waals surface area contributed by atoms with Gasteiger partial charge in [0.15, 0.2) is 0 Å². The number of hydrogen-bond acceptors (Lipinski definition) is 5. The van der Waals surface area contributed by atoms with Crippen LogP contribution in [0, 0.1) is 22.7 Å². The van der Waals surface area contributed by atoms with Gasteiger partial charge < -0.3 is 9.16 Å². The number of carbonyl (C=O) groups is 1. The molecule has 1 rings (SSSR count). The lowest BCUT2D eigenvalue weighted by molar-refractivity contribution is 0.0671. The van der Waals surface area contributed by atoms with Gasteiger partial charge in [-0.25, -0.2) is 4.79 Å². The summed E-state index contributed by atoms with van der Waals surface area (Å²) in [6, 6.07) is 10.2. The molecule has 0 saturated heterocycles. The number of rotatable bonds is 6. The van der Waals surface area contributed by atoms with Crippen molar-refractivity contribution in [1.82, 2.24) is 0 Å². The van der Waals surface area contributed by atoms with Crippen LogP contribution in [0.1, 0.15) is 15.9 Å². The Balaban J connectivity index is 3.03. The molecule has 0 amide bonds. The van der Waals surface area contributed by atoms with Crippen molar-refractivity contribution in [3.8, 4) is 12.1 Å². The SMILES string of the molecule is C[Si](C)COC(C#N)(C#N)c1ccc(C(=O)O[Si](C)(C)C)cc1. The highest BCUT2D eigenvalue weighted by atomic mass is 28.4. The summed E-state index contributed by atoms with van der Waals surface area (Å²) in [6.45, 7) is 9.87. The van der Waals surface area contributed by atoms with Crippen molar-refractivity contribution in [3.63, 3.8) is 0 Å². The summed E-state index contributed by atoms with van der Waals surface area (Å²) in [4.78, 5) is 12.0. The molecule has 7 heteroatoms. The summed E-state index contributed by atoms with van der Waals surface area (Å²) < 4.78 is 11.0. The zero-order valence-corrected chi connectivity index (χ0v) is 16.1. The fourth-order valence-electron chi connectivity index (χ4n) is 1.73. The first kappa shape index (κ1) is 19.1. The van der Waals surface area contributed by atoms with Gasteiger partial charge in [0.2, 0.25) is 8.32 Å². The summed E-state index contributed by atoms with van der Waals surface area (Å²) >= 11 is 0. The topological polar surface area (TPSA) is 83.1 Å². The smallest absolute Gasteiger partial charge is 0.324 e. The molecule has 0 aromatic heterocycles. The molecule has 0 saturated carbocycles. The molecule has 0 unspecified atom stereocenters. The summed E-state index contributed by atoms with van der Waals surface area (Å²) in [5.74, 6) is -0.385. The van der Waals surface area contributed by atoms with Gasteiger partial charge in [-0.3, -0.25) is 0 Å². The van der Waals surface area contributed by atoms with E-state index in [-0.39, 0.29) is 5.97 Å². The largest absolute Gasteiger partial charge is 0.516 e. The van der Waals surface area contributed by atoms with E-state index in [9.17, 15) is 15.3 Å². The van der Waals surface area contributed by atoms with Crippen LogP contribution in [0.5, 0.6) is 0 Å².